The number of hydrogen-bond donors (Lipinski definition) is 1. The van der Waals surface area contributed by atoms with E-state index in [1.165, 1.54) is 30.6 Å². The first-order chi connectivity index (χ1) is 6.27. The van der Waals surface area contributed by atoms with Crippen molar-refractivity contribution in [2.75, 3.05) is 13.1 Å². The lowest BCUT2D eigenvalue weighted by atomic mass is 9.96. The maximum Gasteiger partial charge on any atom is 0.0822 e. The topological polar surface area (TPSA) is 16.6 Å². The molecular formula is C11H15ClN+. The van der Waals surface area contributed by atoms with Crippen molar-refractivity contribution in [1.82, 2.24) is 0 Å². The molecule has 0 spiro atoms. The molecule has 0 aromatic heterocycles. The summed E-state index contributed by atoms with van der Waals surface area (Å²) in [7, 11) is 0. The molecule has 1 heterocycles. The third-order valence-electron chi connectivity index (χ3n) is 2.78. The molecule has 0 amide bonds. The van der Waals surface area contributed by atoms with E-state index >= 15 is 0 Å². The summed E-state index contributed by atoms with van der Waals surface area (Å²) in [5, 5.41) is 3.26. The molecule has 1 unspecified atom stereocenters. The summed E-state index contributed by atoms with van der Waals surface area (Å²) < 4.78 is 0. The van der Waals surface area contributed by atoms with E-state index in [2.05, 4.69) is 24.4 Å². The van der Waals surface area contributed by atoms with Crippen molar-refractivity contribution in [2.24, 2.45) is 0 Å². The third-order valence-corrected chi connectivity index (χ3v) is 3.01. The summed E-state index contributed by atoms with van der Waals surface area (Å²) in [6, 6.07) is 6.30. The fourth-order valence-electron chi connectivity index (χ4n) is 2.00. The van der Waals surface area contributed by atoms with Crippen molar-refractivity contribution < 1.29 is 5.32 Å². The van der Waals surface area contributed by atoms with Crippen molar-refractivity contribution in [3.8, 4) is 0 Å². The van der Waals surface area contributed by atoms with Gasteiger partial charge in [-0.05, 0) is 23.3 Å². The van der Waals surface area contributed by atoms with Crippen LogP contribution in [0.1, 0.15) is 24.0 Å². The van der Waals surface area contributed by atoms with Crippen LogP contribution in [0, 0.1) is 0 Å². The molecule has 2 N–H and O–H groups in total. The summed E-state index contributed by atoms with van der Waals surface area (Å²) in [5.74, 6) is 0.635. The zero-order valence-corrected chi connectivity index (χ0v) is 8.64. The SMILES string of the molecule is CC1C[NH2+]CCc2ccc(Cl)cc21. The van der Waals surface area contributed by atoms with Gasteiger partial charge >= 0.3 is 0 Å². The number of halogens is 1. The van der Waals surface area contributed by atoms with Gasteiger partial charge in [0, 0.05) is 17.4 Å². The molecule has 0 saturated carbocycles. The number of quaternary nitrogens is 1. The van der Waals surface area contributed by atoms with E-state index in [1.54, 1.807) is 0 Å². The van der Waals surface area contributed by atoms with Crippen LogP contribution in [0.2, 0.25) is 5.02 Å². The lowest BCUT2D eigenvalue weighted by Crippen LogP contribution is -2.85. The van der Waals surface area contributed by atoms with Crippen molar-refractivity contribution in [2.45, 2.75) is 19.3 Å². The van der Waals surface area contributed by atoms with Gasteiger partial charge in [0.15, 0.2) is 0 Å². The molecule has 1 aromatic rings. The van der Waals surface area contributed by atoms with Gasteiger partial charge in [0.25, 0.3) is 0 Å². The van der Waals surface area contributed by atoms with Crippen LogP contribution in [-0.2, 0) is 6.42 Å². The van der Waals surface area contributed by atoms with E-state index in [0.29, 0.717) is 5.92 Å². The van der Waals surface area contributed by atoms with Crippen molar-refractivity contribution >= 4 is 11.6 Å². The second-order valence-electron chi connectivity index (χ2n) is 3.81. The zero-order chi connectivity index (χ0) is 9.26. The quantitative estimate of drug-likeness (QED) is 0.649. The number of hydrogen-bond acceptors (Lipinski definition) is 0. The van der Waals surface area contributed by atoms with Crippen LogP contribution in [0.25, 0.3) is 0 Å². The molecule has 70 valence electrons. The molecule has 1 aliphatic rings. The minimum Gasteiger partial charge on any atom is -0.345 e. The average molecular weight is 197 g/mol. The Morgan fingerprint density at radius 2 is 2.31 bits per heavy atom. The van der Waals surface area contributed by atoms with Gasteiger partial charge < -0.3 is 5.32 Å². The normalized spacial score (nSPS) is 22.2. The molecule has 2 heteroatoms. The van der Waals surface area contributed by atoms with Crippen LogP contribution in [0.4, 0.5) is 0 Å². The van der Waals surface area contributed by atoms with Gasteiger partial charge in [-0.1, -0.05) is 24.6 Å². The van der Waals surface area contributed by atoms with Crippen LogP contribution in [-0.4, -0.2) is 13.1 Å². The Balaban J connectivity index is 2.43. The second kappa shape index (κ2) is 3.69. The highest BCUT2D eigenvalue weighted by molar-refractivity contribution is 6.30. The fraction of sp³-hybridized carbons (Fsp3) is 0.455. The summed E-state index contributed by atoms with van der Waals surface area (Å²) in [6.07, 6.45) is 1.18. The molecule has 0 bridgehead atoms. The molecule has 0 saturated heterocycles. The van der Waals surface area contributed by atoms with Gasteiger partial charge in [-0.2, -0.15) is 0 Å². The minimum absolute atomic E-state index is 0.635. The standard InChI is InChI=1S/C11H14ClN/c1-8-7-13-5-4-9-2-3-10(12)6-11(8)9/h2-3,6,8,13H,4-5,7H2,1H3/p+1. The highest BCUT2D eigenvalue weighted by atomic mass is 35.5. The van der Waals surface area contributed by atoms with Crippen molar-refractivity contribution in [1.29, 1.82) is 0 Å². The average Bonchev–Trinajstić information content (AvgIpc) is 2.29. The smallest absolute Gasteiger partial charge is 0.0822 e. The van der Waals surface area contributed by atoms with Gasteiger partial charge in [-0.25, -0.2) is 0 Å². The van der Waals surface area contributed by atoms with E-state index in [1.807, 2.05) is 6.07 Å². The van der Waals surface area contributed by atoms with Crippen molar-refractivity contribution in [3.63, 3.8) is 0 Å². The van der Waals surface area contributed by atoms with Crippen LogP contribution >= 0.6 is 11.6 Å². The highest BCUT2D eigenvalue weighted by Gasteiger charge is 2.16. The first-order valence-electron chi connectivity index (χ1n) is 4.87. The summed E-state index contributed by atoms with van der Waals surface area (Å²) in [5.41, 5.74) is 2.92. The van der Waals surface area contributed by atoms with Crippen LogP contribution in [0.5, 0.6) is 0 Å². The molecule has 1 nitrogen and oxygen atoms in total. The van der Waals surface area contributed by atoms with E-state index in [4.69, 9.17) is 11.6 Å². The molecule has 0 fully saturated rings. The Bertz CT molecular complexity index is 309. The van der Waals surface area contributed by atoms with Crippen LogP contribution < -0.4 is 5.32 Å². The maximum absolute atomic E-state index is 5.99. The first-order valence-corrected chi connectivity index (χ1v) is 5.25. The molecule has 13 heavy (non-hydrogen) atoms. The largest absolute Gasteiger partial charge is 0.345 e. The summed E-state index contributed by atoms with van der Waals surface area (Å²) >= 11 is 5.99. The predicted molar refractivity (Wildman–Crippen MR) is 55.2 cm³/mol. The Morgan fingerprint density at radius 1 is 1.46 bits per heavy atom. The molecule has 1 aromatic carbocycles. The Kier molecular flexibility index (Phi) is 2.56. The minimum atomic E-state index is 0.635. The molecule has 0 aliphatic carbocycles. The highest BCUT2D eigenvalue weighted by Crippen LogP contribution is 2.24. The van der Waals surface area contributed by atoms with Gasteiger partial charge in [-0.3, -0.25) is 0 Å². The van der Waals surface area contributed by atoms with Gasteiger partial charge in [0.05, 0.1) is 13.1 Å². The van der Waals surface area contributed by atoms with Crippen LogP contribution in [0.15, 0.2) is 18.2 Å². The third kappa shape index (κ3) is 1.87. The monoisotopic (exact) mass is 196 g/mol. The number of fused-ring (bicyclic) bond motifs is 1. The number of nitrogens with two attached hydrogens (primary N) is 1. The fourth-order valence-corrected chi connectivity index (χ4v) is 2.19. The Labute approximate surface area is 84.1 Å². The van der Waals surface area contributed by atoms with E-state index in [0.717, 1.165) is 5.02 Å². The second-order valence-corrected chi connectivity index (χ2v) is 4.24. The van der Waals surface area contributed by atoms with Crippen molar-refractivity contribution in [3.05, 3.63) is 34.3 Å². The maximum atomic E-state index is 5.99. The lowest BCUT2D eigenvalue weighted by Gasteiger charge is -2.10. The number of rotatable bonds is 0. The molecular weight excluding hydrogens is 182 g/mol. The summed E-state index contributed by atoms with van der Waals surface area (Å²) in [6.45, 7) is 4.67. The predicted octanol–water partition coefficient (Wildman–Crippen LogP) is 1.56. The van der Waals surface area contributed by atoms with E-state index in [-0.39, 0.29) is 0 Å². The molecule has 2 rings (SSSR count). The molecule has 1 aliphatic heterocycles. The summed E-state index contributed by atoms with van der Waals surface area (Å²) in [4.78, 5) is 0. The van der Waals surface area contributed by atoms with Gasteiger partial charge in [0.1, 0.15) is 0 Å². The Hall–Kier alpha value is -0.530. The van der Waals surface area contributed by atoms with E-state index in [9.17, 15) is 0 Å². The lowest BCUT2D eigenvalue weighted by molar-refractivity contribution is -0.655. The van der Waals surface area contributed by atoms with Crippen LogP contribution in [0.3, 0.4) is 0 Å². The van der Waals surface area contributed by atoms with Gasteiger partial charge in [-0.15, -0.1) is 0 Å². The molecule has 1 atom stereocenters. The molecule has 0 radical (unpaired) electrons. The number of benzene rings is 1. The Morgan fingerprint density at radius 3 is 3.15 bits per heavy atom. The zero-order valence-electron chi connectivity index (χ0n) is 7.89. The van der Waals surface area contributed by atoms with E-state index < -0.39 is 0 Å². The first kappa shape index (κ1) is 9.04. The van der Waals surface area contributed by atoms with Gasteiger partial charge in [0.2, 0.25) is 0 Å².